The van der Waals surface area contributed by atoms with Gasteiger partial charge < -0.3 is 20.2 Å². The molecule has 1 aliphatic carbocycles. The van der Waals surface area contributed by atoms with E-state index in [1.165, 1.54) is 19.4 Å². The standard InChI is InChI=1S/C21H28N4O2/c26-21(27)18-3-17(25-10-15-4-22-5-16(15)11-25)6-23-20(18)19-13-1-12-2-14(19)9-24(7-12)8-13/h3,6,12-16,19,22H,1-2,4-5,7-11H2,(H,26,27). The number of nitrogens with one attached hydrogen (secondary N) is 1. The normalized spacial score (nSPS) is 41.9. The third-order valence-corrected chi connectivity index (χ3v) is 7.99. The topological polar surface area (TPSA) is 68.7 Å². The van der Waals surface area contributed by atoms with Crippen LogP contribution in [-0.2, 0) is 0 Å². The lowest BCUT2D eigenvalue weighted by atomic mass is 9.60. The van der Waals surface area contributed by atoms with Crippen molar-refractivity contribution in [2.24, 2.45) is 29.6 Å². The Morgan fingerprint density at radius 2 is 1.74 bits per heavy atom. The first-order valence-corrected chi connectivity index (χ1v) is 10.6. The van der Waals surface area contributed by atoms with E-state index in [-0.39, 0.29) is 0 Å². The maximum absolute atomic E-state index is 12.1. The van der Waals surface area contributed by atoms with Crippen molar-refractivity contribution in [3.63, 3.8) is 0 Å². The number of nitrogens with zero attached hydrogens (tertiary/aromatic N) is 3. The Bertz CT molecular complexity index is 741. The zero-order valence-corrected chi connectivity index (χ0v) is 15.7. The minimum atomic E-state index is -0.811. The molecule has 7 rings (SSSR count). The van der Waals surface area contributed by atoms with Gasteiger partial charge in [0.15, 0.2) is 0 Å². The van der Waals surface area contributed by atoms with E-state index in [2.05, 4.69) is 15.1 Å². The Labute approximate surface area is 159 Å². The highest BCUT2D eigenvalue weighted by Crippen LogP contribution is 2.51. The van der Waals surface area contributed by atoms with Crippen molar-refractivity contribution < 1.29 is 9.90 Å². The average molecular weight is 368 g/mol. The van der Waals surface area contributed by atoms with E-state index in [0.29, 0.717) is 35.2 Å². The van der Waals surface area contributed by atoms with Crippen molar-refractivity contribution in [2.75, 3.05) is 50.7 Å². The maximum atomic E-state index is 12.1. The maximum Gasteiger partial charge on any atom is 0.337 e. The summed E-state index contributed by atoms with van der Waals surface area (Å²) in [6.45, 7) is 7.71. The van der Waals surface area contributed by atoms with Crippen molar-refractivity contribution in [1.82, 2.24) is 15.2 Å². The Hall–Kier alpha value is -1.66. The Morgan fingerprint density at radius 3 is 2.37 bits per heavy atom. The molecule has 27 heavy (non-hydrogen) atoms. The van der Waals surface area contributed by atoms with Gasteiger partial charge in [-0.3, -0.25) is 4.98 Å². The highest BCUT2D eigenvalue weighted by atomic mass is 16.4. The minimum absolute atomic E-state index is 0.333. The molecule has 6 fully saturated rings. The van der Waals surface area contributed by atoms with Gasteiger partial charge in [0.25, 0.3) is 0 Å². The number of rotatable bonds is 3. The van der Waals surface area contributed by atoms with Gasteiger partial charge in [-0.1, -0.05) is 0 Å². The first-order chi connectivity index (χ1) is 13.2. The molecule has 5 aliphatic heterocycles. The van der Waals surface area contributed by atoms with Gasteiger partial charge in [-0.2, -0.15) is 0 Å². The molecule has 144 valence electrons. The van der Waals surface area contributed by atoms with Crippen LogP contribution < -0.4 is 10.2 Å². The molecule has 1 aromatic rings. The summed E-state index contributed by atoms with van der Waals surface area (Å²) in [6, 6.07) is 1.92. The summed E-state index contributed by atoms with van der Waals surface area (Å²) in [5.41, 5.74) is 2.32. The summed E-state index contributed by atoms with van der Waals surface area (Å²) in [7, 11) is 0. The van der Waals surface area contributed by atoms with Crippen molar-refractivity contribution in [1.29, 1.82) is 0 Å². The van der Waals surface area contributed by atoms with Gasteiger partial charge in [-0.25, -0.2) is 4.79 Å². The van der Waals surface area contributed by atoms with E-state index in [1.54, 1.807) is 0 Å². The SMILES string of the molecule is O=C(O)c1cc(N2CC3CNCC3C2)cnc1C1C2CC3CC1CN(C3)C2. The Kier molecular flexibility index (Phi) is 3.57. The van der Waals surface area contributed by atoms with Crippen LogP contribution in [0.4, 0.5) is 5.69 Å². The predicted molar refractivity (Wildman–Crippen MR) is 102 cm³/mol. The van der Waals surface area contributed by atoms with Gasteiger partial charge in [0.1, 0.15) is 0 Å². The molecule has 0 aromatic carbocycles. The van der Waals surface area contributed by atoms with E-state index in [0.717, 1.165) is 56.6 Å². The number of hydrogen-bond donors (Lipinski definition) is 2. The van der Waals surface area contributed by atoms with Crippen molar-refractivity contribution in [3.8, 4) is 0 Å². The molecular formula is C21H28N4O2. The fourth-order valence-electron chi connectivity index (χ4n) is 6.99. The fourth-order valence-corrected chi connectivity index (χ4v) is 6.99. The number of aromatic nitrogens is 1. The molecule has 0 spiro atoms. The van der Waals surface area contributed by atoms with Crippen molar-refractivity contribution in [2.45, 2.75) is 18.8 Å². The number of hydrogen-bond acceptors (Lipinski definition) is 5. The van der Waals surface area contributed by atoms with Crippen LogP contribution in [0.5, 0.6) is 0 Å². The molecule has 0 amide bonds. The second-order valence-electron chi connectivity index (χ2n) is 9.62. The summed E-state index contributed by atoms with van der Waals surface area (Å²) >= 11 is 0. The molecule has 2 N–H and O–H groups in total. The zero-order valence-electron chi connectivity index (χ0n) is 15.7. The van der Waals surface area contributed by atoms with Gasteiger partial charge in [0.05, 0.1) is 23.1 Å². The number of carboxylic acid groups (broad SMARTS) is 1. The molecule has 4 unspecified atom stereocenters. The highest BCUT2D eigenvalue weighted by molar-refractivity contribution is 5.90. The summed E-state index contributed by atoms with van der Waals surface area (Å²) < 4.78 is 0. The molecule has 0 radical (unpaired) electrons. The lowest BCUT2D eigenvalue weighted by molar-refractivity contribution is -0.0370. The van der Waals surface area contributed by atoms with Crippen molar-refractivity contribution >= 4 is 11.7 Å². The molecule has 4 bridgehead atoms. The van der Waals surface area contributed by atoms with Crippen LogP contribution in [0.15, 0.2) is 12.3 Å². The largest absolute Gasteiger partial charge is 0.478 e. The second kappa shape index (κ2) is 5.92. The predicted octanol–water partition coefficient (Wildman–Crippen LogP) is 1.49. The smallest absolute Gasteiger partial charge is 0.337 e. The Morgan fingerprint density at radius 1 is 1.04 bits per heavy atom. The second-order valence-corrected chi connectivity index (χ2v) is 9.62. The quantitative estimate of drug-likeness (QED) is 0.843. The number of aromatic carboxylic acids is 1. The van der Waals surface area contributed by atoms with Crippen LogP contribution in [0, 0.1) is 29.6 Å². The molecule has 6 heteroatoms. The highest BCUT2D eigenvalue weighted by Gasteiger charge is 2.49. The molecule has 6 aliphatic rings. The van der Waals surface area contributed by atoms with E-state index in [9.17, 15) is 9.90 Å². The van der Waals surface area contributed by atoms with Gasteiger partial charge in [0, 0.05) is 51.7 Å². The number of carboxylic acids is 1. The molecule has 4 atom stereocenters. The van der Waals surface area contributed by atoms with Crippen LogP contribution in [-0.4, -0.2) is 66.8 Å². The molecule has 1 saturated carbocycles. The average Bonchev–Trinajstić information content (AvgIpc) is 3.23. The third kappa shape index (κ3) is 2.53. The molecule has 5 saturated heterocycles. The minimum Gasteiger partial charge on any atom is -0.478 e. The first-order valence-electron chi connectivity index (χ1n) is 10.6. The summed E-state index contributed by atoms with van der Waals surface area (Å²) in [6.07, 6.45) is 4.47. The van der Waals surface area contributed by atoms with Crippen LogP contribution in [0.2, 0.25) is 0 Å². The van der Waals surface area contributed by atoms with Crippen LogP contribution in [0.3, 0.4) is 0 Å². The van der Waals surface area contributed by atoms with Crippen LogP contribution in [0.1, 0.15) is 34.8 Å². The van der Waals surface area contributed by atoms with Gasteiger partial charge >= 0.3 is 5.97 Å². The molecular weight excluding hydrogens is 340 g/mol. The summed E-state index contributed by atoms with van der Waals surface area (Å²) in [5, 5.41) is 13.4. The van der Waals surface area contributed by atoms with E-state index >= 15 is 0 Å². The van der Waals surface area contributed by atoms with Crippen LogP contribution >= 0.6 is 0 Å². The summed E-state index contributed by atoms with van der Waals surface area (Å²) in [5.74, 6) is 2.90. The van der Waals surface area contributed by atoms with Gasteiger partial charge in [0.2, 0.25) is 0 Å². The van der Waals surface area contributed by atoms with E-state index < -0.39 is 5.97 Å². The fraction of sp³-hybridized carbons (Fsp3) is 0.714. The molecule has 6 nitrogen and oxygen atoms in total. The summed E-state index contributed by atoms with van der Waals surface area (Å²) in [4.78, 5) is 21.9. The first kappa shape index (κ1) is 16.3. The monoisotopic (exact) mass is 368 g/mol. The zero-order chi connectivity index (χ0) is 18.1. The van der Waals surface area contributed by atoms with Crippen molar-refractivity contribution in [3.05, 3.63) is 23.5 Å². The number of piperidine rings is 3. The number of fused-ring (bicyclic) bond motifs is 1. The Balaban J connectivity index is 1.32. The van der Waals surface area contributed by atoms with Gasteiger partial charge in [-0.05, 0) is 48.5 Å². The number of carbonyl (C=O) groups is 1. The van der Waals surface area contributed by atoms with E-state index in [1.807, 2.05) is 12.3 Å². The molecule has 1 aromatic heterocycles. The third-order valence-electron chi connectivity index (χ3n) is 7.99. The lowest BCUT2D eigenvalue weighted by Crippen LogP contribution is -2.57. The van der Waals surface area contributed by atoms with Crippen LogP contribution in [0.25, 0.3) is 0 Å². The molecule has 6 heterocycles. The number of pyridine rings is 1. The number of anilines is 1. The van der Waals surface area contributed by atoms with Gasteiger partial charge in [-0.15, -0.1) is 0 Å². The van der Waals surface area contributed by atoms with E-state index in [4.69, 9.17) is 4.98 Å². The lowest BCUT2D eigenvalue weighted by Gasteiger charge is -2.55.